The number of carboxylic acid groups (broad SMARTS) is 1. The fourth-order valence-electron chi connectivity index (χ4n) is 0.991. The van der Waals surface area contributed by atoms with Gasteiger partial charge in [-0.15, -0.1) is 0 Å². The van der Waals surface area contributed by atoms with Gasteiger partial charge in [0.05, 0.1) is 18.5 Å². The topological polar surface area (TPSA) is 88.5 Å². The van der Waals surface area contributed by atoms with Gasteiger partial charge in [-0.05, 0) is 18.1 Å². The second-order valence-corrected chi connectivity index (χ2v) is 3.85. The summed E-state index contributed by atoms with van der Waals surface area (Å²) in [7, 11) is 0. The lowest BCUT2D eigenvalue weighted by Gasteiger charge is -2.08. The van der Waals surface area contributed by atoms with E-state index >= 15 is 0 Å². The summed E-state index contributed by atoms with van der Waals surface area (Å²) in [5.74, 6) is -0.854. The molecule has 6 nitrogen and oxygen atoms in total. The third kappa shape index (κ3) is 4.50. The van der Waals surface area contributed by atoms with E-state index in [1.807, 2.05) is 13.8 Å². The van der Waals surface area contributed by atoms with Gasteiger partial charge in [0.2, 0.25) is 0 Å². The van der Waals surface area contributed by atoms with E-state index in [2.05, 4.69) is 10.3 Å². The van der Waals surface area contributed by atoms with Gasteiger partial charge in [0.25, 0.3) is 0 Å². The number of amides is 1. The van der Waals surface area contributed by atoms with Crippen LogP contribution in [-0.4, -0.2) is 28.8 Å². The number of nitrogens with one attached hydrogen (secondary N) is 1. The Labute approximate surface area is 98.6 Å². The van der Waals surface area contributed by atoms with Crippen molar-refractivity contribution < 1.29 is 19.4 Å². The Balaban J connectivity index is 2.51. The Morgan fingerprint density at radius 2 is 2.18 bits per heavy atom. The van der Waals surface area contributed by atoms with Crippen molar-refractivity contribution >= 4 is 17.7 Å². The van der Waals surface area contributed by atoms with Gasteiger partial charge < -0.3 is 9.84 Å². The van der Waals surface area contributed by atoms with Crippen molar-refractivity contribution in [3.8, 4) is 0 Å². The first-order valence-electron chi connectivity index (χ1n) is 5.12. The summed E-state index contributed by atoms with van der Waals surface area (Å²) >= 11 is 0. The summed E-state index contributed by atoms with van der Waals surface area (Å²) in [5.41, 5.74) is 0.315. The van der Waals surface area contributed by atoms with Gasteiger partial charge in [0.15, 0.2) is 0 Å². The third-order valence-corrected chi connectivity index (χ3v) is 1.78. The number of anilines is 1. The molecule has 0 spiro atoms. The predicted octanol–water partition coefficient (Wildman–Crippen LogP) is 1.98. The number of carbonyl (C=O) groups is 2. The number of pyridine rings is 1. The molecule has 0 unspecified atom stereocenters. The minimum atomic E-state index is -1.11. The Hall–Kier alpha value is -2.11. The van der Waals surface area contributed by atoms with Gasteiger partial charge in [-0.3, -0.25) is 5.32 Å². The molecule has 2 N–H and O–H groups in total. The zero-order valence-electron chi connectivity index (χ0n) is 9.64. The summed E-state index contributed by atoms with van der Waals surface area (Å²) in [5, 5.41) is 11.1. The predicted molar refractivity (Wildman–Crippen MR) is 61.0 cm³/mol. The van der Waals surface area contributed by atoms with E-state index in [0.29, 0.717) is 12.3 Å². The Kier molecular flexibility index (Phi) is 4.45. The van der Waals surface area contributed by atoms with E-state index in [1.165, 1.54) is 18.3 Å². The van der Waals surface area contributed by atoms with E-state index in [1.54, 1.807) is 0 Å². The first-order chi connectivity index (χ1) is 7.99. The number of aromatic carboxylic acids is 1. The normalized spacial score (nSPS) is 10.1. The van der Waals surface area contributed by atoms with E-state index in [4.69, 9.17) is 9.84 Å². The molecule has 1 amide bonds. The zero-order chi connectivity index (χ0) is 12.8. The molecule has 1 aromatic heterocycles. The van der Waals surface area contributed by atoms with Crippen molar-refractivity contribution in [3.05, 3.63) is 24.0 Å². The number of hydrogen-bond acceptors (Lipinski definition) is 4. The highest BCUT2D eigenvalue weighted by Gasteiger charge is 2.07. The average Bonchev–Trinajstić information content (AvgIpc) is 2.27. The van der Waals surface area contributed by atoms with Gasteiger partial charge in [-0.1, -0.05) is 13.8 Å². The van der Waals surface area contributed by atoms with Gasteiger partial charge in [0.1, 0.15) is 5.69 Å². The van der Waals surface area contributed by atoms with Gasteiger partial charge >= 0.3 is 12.1 Å². The second-order valence-electron chi connectivity index (χ2n) is 3.85. The monoisotopic (exact) mass is 238 g/mol. The largest absolute Gasteiger partial charge is 0.477 e. The molecule has 0 aliphatic rings. The number of carbonyl (C=O) groups excluding carboxylic acids is 1. The summed E-state index contributed by atoms with van der Waals surface area (Å²) < 4.78 is 4.89. The summed E-state index contributed by atoms with van der Waals surface area (Å²) in [6.07, 6.45) is 0.684. The fourth-order valence-corrected chi connectivity index (χ4v) is 0.991. The first kappa shape index (κ1) is 13.0. The van der Waals surface area contributed by atoms with Crippen LogP contribution in [0.3, 0.4) is 0 Å². The van der Waals surface area contributed by atoms with Gasteiger partial charge in [-0.2, -0.15) is 0 Å². The van der Waals surface area contributed by atoms with Crippen LogP contribution >= 0.6 is 0 Å². The van der Waals surface area contributed by atoms with Gasteiger partial charge in [0, 0.05) is 0 Å². The Morgan fingerprint density at radius 1 is 1.47 bits per heavy atom. The molecule has 92 valence electrons. The minimum absolute atomic E-state index is 0.0777. The molecule has 1 heterocycles. The number of hydrogen-bond donors (Lipinski definition) is 2. The molecule has 0 saturated heterocycles. The lowest BCUT2D eigenvalue weighted by molar-refractivity contribution is 0.0690. The SMILES string of the molecule is CC(C)COC(=O)Nc1ccc(C(=O)O)nc1. The molecular weight excluding hydrogens is 224 g/mol. The lowest BCUT2D eigenvalue weighted by atomic mass is 10.2. The van der Waals surface area contributed by atoms with Crippen LogP contribution in [0.2, 0.25) is 0 Å². The van der Waals surface area contributed by atoms with Crippen molar-refractivity contribution in [2.75, 3.05) is 11.9 Å². The first-order valence-corrected chi connectivity index (χ1v) is 5.12. The van der Waals surface area contributed by atoms with Crippen LogP contribution in [-0.2, 0) is 4.74 Å². The number of ether oxygens (including phenoxy) is 1. The summed E-state index contributed by atoms with van der Waals surface area (Å²) in [6, 6.07) is 2.76. The minimum Gasteiger partial charge on any atom is -0.477 e. The molecule has 0 aromatic carbocycles. The van der Waals surface area contributed by atoms with Crippen molar-refractivity contribution in [1.82, 2.24) is 4.98 Å². The number of aromatic nitrogens is 1. The van der Waals surface area contributed by atoms with Crippen molar-refractivity contribution in [2.24, 2.45) is 5.92 Å². The standard InChI is InChI=1S/C11H14N2O4/c1-7(2)6-17-11(16)13-8-3-4-9(10(14)15)12-5-8/h3-5,7H,6H2,1-2H3,(H,13,16)(H,14,15). The maximum absolute atomic E-state index is 11.3. The molecule has 6 heteroatoms. The molecular formula is C11H14N2O4. The van der Waals surface area contributed by atoms with Crippen molar-refractivity contribution in [1.29, 1.82) is 0 Å². The van der Waals surface area contributed by atoms with Crippen LogP contribution in [0.25, 0.3) is 0 Å². The van der Waals surface area contributed by atoms with E-state index in [9.17, 15) is 9.59 Å². The number of nitrogens with zero attached hydrogens (tertiary/aromatic N) is 1. The molecule has 0 saturated carbocycles. The van der Waals surface area contributed by atoms with Crippen LogP contribution in [0.4, 0.5) is 10.5 Å². The number of carboxylic acids is 1. The van der Waals surface area contributed by atoms with Crippen LogP contribution in [0, 0.1) is 5.92 Å². The van der Waals surface area contributed by atoms with Gasteiger partial charge in [-0.25, -0.2) is 14.6 Å². The average molecular weight is 238 g/mol. The molecule has 0 atom stereocenters. The smallest absolute Gasteiger partial charge is 0.411 e. The molecule has 0 aliphatic carbocycles. The Bertz CT molecular complexity index is 400. The van der Waals surface area contributed by atoms with E-state index < -0.39 is 12.1 Å². The van der Waals surface area contributed by atoms with E-state index in [0.717, 1.165) is 0 Å². The third-order valence-electron chi connectivity index (χ3n) is 1.78. The lowest BCUT2D eigenvalue weighted by Crippen LogP contribution is -2.16. The zero-order valence-corrected chi connectivity index (χ0v) is 9.64. The fraction of sp³-hybridized carbons (Fsp3) is 0.364. The highest BCUT2D eigenvalue weighted by molar-refractivity contribution is 5.87. The molecule has 0 radical (unpaired) electrons. The molecule has 17 heavy (non-hydrogen) atoms. The highest BCUT2D eigenvalue weighted by atomic mass is 16.5. The van der Waals surface area contributed by atoms with Crippen molar-refractivity contribution in [3.63, 3.8) is 0 Å². The molecule has 0 bridgehead atoms. The second kappa shape index (κ2) is 5.83. The van der Waals surface area contributed by atoms with E-state index in [-0.39, 0.29) is 11.6 Å². The van der Waals surface area contributed by atoms with Crippen LogP contribution in [0.1, 0.15) is 24.3 Å². The summed E-state index contributed by atoms with van der Waals surface area (Å²) in [6.45, 7) is 4.18. The van der Waals surface area contributed by atoms with Crippen molar-refractivity contribution in [2.45, 2.75) is 13.8 Å². The molecule has 0 aliphatic heterocycles. The van der Waals surface area contributed by atoms with Crippen LogP contribution < -0.4 is 5.32 Å². The molecule has 1 rings (SSSR count). The summed E-state index contributed by atoms with van der Waals surface area (Å²) in [4.78, 5) is 25.5. The maximum Gasteiger partial charge on any atom is 0.411 e. The quantitative estimate of drug-likeness (QED) is 0.837. The maximum atomic E-state index is 11.3. The Morgan fingerprint density at radius 3 is 2.65 bits per heavy atom. The number of rotatable bonds is 4. The van der Waals surface area contributed by atoms with Crippen LogP contribution in [0.5, 0.6) is 0 Å². The molecule has 0 fully saturated rings. The van der Waals surface area contributed by atoms with Crippen LogP contribution in [0.15, 0.2) is 18.3 Å². The highest BCUT2D eigenvalue weighted by Crippen LogP contribution is 2.07. The molecule has 1 aromatic rings.